The number of hydrogen-bond donors (Lipinski definition) is 2. The Bertz CT molecular complexity index is 489. The fourth-order valence-electron chi connectivity index (χ4n) is 2.30. The van der Waals surface area contributed by atoms with Gasteiger partial charge in [0.1, 0.15) is 0 Å². The summed E-state index contributed by atoms with van der Waals surface area (Å²) >= 11 is 0. The van der Waals surface area contributed by atoms with Gasteiger partial charge in [-0.3, -0.25) is 9.59 Å². The van der Waals surface area contributed by atoms with Gasteiger partial charge in [0, 0.05) is 25.2 Å². The lowest BCUT2D eigenvalue weighted by Crippen LogP contribution is -2.52. The number of carbonyl (C=O) groups is 2. The third-order valence-corrected chi connectivity index (χ3v) is 3.56. The SMILES string of the molecule is CCCCNC(=O)C1(O)CCN(c2ccccc2)C1=O. The summed E-state index contributed by atoms with van der Waals surface area (Å²) < 4.78 is 0. The normalized spacial score (nSPS) is 22.1. The van der Waals surface area contributed by atoms with E-state index in [1.54, 1.807) is 12.1 Å². The van der Waals surface area contributed by atoms with Crippen molar-refractivity contribution in [1.82, 2.24) is 5.32 Å². The quantitative estimate of drug-likeness (QED) is 0.624. The molecular weight excluding hydrogens is 256 g/mol. The zero-order valence-electron chi connectivity index (χ0n) is 11.6. The summed E-state index contributed by atoms with van der Waals surface area (Å²) in [7, 11) is 0. The van der Waals surface area contributed by atoms with E-state index in [-0.39, 0.29) is 6.42 Å². The van der Waals surface area contributed by atoms with Gasteiger partial charge in [0.15, 0.2) is 0 Å². The van der Waals surface area contributed by atoms with Gasteiger partial charge >= 0.3 is 0 Å². The molecule has 1 fully saturated rings. The van der Waals surface area contributed by atoms with Crippen molar-refractivity contribution >= 4 is 17.5 Å². The Labute approximate surface area is 118 Å². The van der Waals surface area contributed by atoms with Crippen LogP contribution in [0.4, 0.5) is 5.69 Å². The van der Waals surface area contributed by atoms with E-state index in [1.165, 1.54) is 4.90 Å². The molecule has 5 heteroatoms. The van der Waals surface area contributed by atoms with Gasteiger partial charge in [-0.1, -0.05) is 31.5 Å². The lowest BCUT2D eigenvalue weighted by atomic mass is 10.0. The summed E-state index contributed by atoms with van der Waals surface area (Å²) in [5.74, 6) is -1.13. The highest BCUT2D eigenvalue weighted by Crippen LogP contribution is 2.28. The summed E-state index contributed by atoms with van der Waals surface area (Å²) in [5, 5.41) is 13.0. The smallest absolute Gasteiger partial charge is 0.268 e. The van der Waals surface area contributed by atoms with Crippen LogP contribution < -0.4 is 10.2 Å². The molecule has 0 spiro atoms. The lowest BCUT2D eigenvalue weighted by Gasteiger charge is -2.21. The third-order valence-electron chi connectivity index (χ3n) is 3.56. The van der Waals surface area contributed by atoms with E-state index >= 15 is 0 Å². The molecule has 1 aromatic rings. The minimum absolute atomic E-state index is 0.124. The Balaban J connectivity index is 2.08. The lowest BCUT2D eigenvalue weighted by molar-refractivity contribution is -0.149. The van der Waals surface area contributed by atoms with E-state index in [1.807, 2.05) is 25.1 Å². The second kappa shape index (κ2) is 6.05. The molecule has 0 saturated carbocycles. The monoisotopic (exact) mass is 276 g/mol. The van der Waals surface area contributed by atoms with Crippen LogP contribution in [-0.4, -0.2) is 35.6 Å². The molecule has 1 atom stereocenters. The second-order valence-corrected chi connectivity index (χ2v) is 5.01. The first-order valence-electron chi connectivity index (χ1n) is 6.97. The number of aliphatic hydroxyl groups is 1. The first kappa shape index (κ1) is 14.5. The average Bonchev–Trinajstić information content (AvgIpc) is 2.77. The average molecular weight is 276 g/mol. The van der Waals surface area contributed by atoms with Crippen molar-refractivity contribution in [3.05, 3.63) is 30.3 Å². The molecule has 2 amide bonds. The topological polar surface area (TPSA) is 69.6 Å². The number of hydrogen-bond acceptors (Lipinski definition) is 3. The number of carbonyl (C=O) groups excluding carboxylic acids is 2. The Hall–Kier alpha value is -1.88. The fraction of sp³-hybridized carbons (Fsp3) is 0.467. The predicted octanol–water partition coefficient (Wildman–Crippen LogP) is 1.07. The Morgan fingerprint density at radius 3 is 2.75 bits per heavy atom. The number of nitrogens with one attached hydrogen (secondary N) is 1. The minimum Gasteiger partial charge on any atom is -0.372 e. The van der Waals surface area contributed by atoms with E-state index in [9.17, 15) is 14.7 Å². The fourth-order valence-corrected chi connectivity index (χ4v) is 2.30. The highest BCUT2D eigenvalue weighted by molar-refractivity contribution is 6.16. The number of rotatable bonds is 5. The summed E-state index contributed by atoms with van der Waals surface area (Å²) in [4.78, 5) is 25.8. The first-order chi connectivity index (χ1) is 9.59. The van der Waals surface area contributed by atoms with Gasteiger partial charge in [-0.15, -0.1) is 0 Å². The van der Waals surface area contributed by atoms with Crippen LogP contribution in [0, 0.1) is 0 Å². The summed E-state index contributed by atoms with van der Waals surface area (Å²) in [6.07, 6.45) is 1.90. The van der Waals surface area contributed by atoms with E-state index in [4.69, 9.17) is 0 Å². The highest BCUT2D eigenvalue weighted by atomic mass is 16.3. The Kier molecular flexibility index (Phi) is 4.39. The van der Waals surface area contributed by atoms with Crippen LogP contribution in [0.5, 0.6) is 0 Å². The molecule has 1 heterocycles. The molecule has 108 valence electrons. The standard InChI is InChI=1S/C15H20N2O3/c1-2-3-10-16-13(18)15(20)9-11-17(14(15)19)12-7-5-4-6-8-12/h4-8,20H,2-3,9-11H2,1H3,(H,16,18). The zero-order chi connectivity index (χ0) is 14.6. The molecule has 1 aromatic carbocycles. The van der Waals surface area contributed by atoms with E-state index in [0.717, 1.165) is 12.8 Å². The van der Waals surface area contributed by atoms with E-state index in [0.29, 0.717) is 18.8 Å². The summed E-state index contributed by atoms with van der Waals surface area (Å²) in [5.41, 5.74) is -1.22. The van der Waals surface area contributed by atoms with Crippen LogP contribution in [0.25, 0.3) is 0 Å². The van der Waals surface area contributed by atoms with Crippen LogP contribution in [-0.2, 0) is 9.59 Å². The molecule has 5 nitrogen and oxygen atoms in total. The number of unbranched alkanes of at least 4 members (excludes halogenated alkanes) is 1. The molecule has 1 aliphatic rings. The molecule has 0 aliphatic carbocycles. The van der Waals surface area contributed by atoms with Crippen molar-refractivity contribution in [1.29, 1.82) is 0 Å². The van der Waals surface area contributed by atoms with Crippen molar-refractivity contribution in [2.45, 2.75) is 31.8 Å². The molecule has 1 unspecified atom stereocenters. The maximum Gasteiger partial charge on any atom is 0.268 e. The van der Waals surface area contributed by atoms with Gasteiger partial charge in [-0.05, 0) is 18.6 Å². The van der Waals surface area contributed by atoms with E-state index in [2.05, 4.69) is 5.32 Å². The molecular formula is C15H20N2O3. The van der Waals surface area contributed by atoms with Gasteiger partial charge in [0.05, 0.1) is 0 Å². The number of para-hydroxylation sites is 1. The highest BCUT2D eigenvalue weighted by Gasteiger charge is 2.51. The van der Waals surface area contributed by atoms with Crippen LogP contribution in [0.15, 0.2) is 30.3 Å². The van der Waals surface area contributed by atoms with Crippen molar-refractivity contribution < 1.29 is 14.7 Å². The molecule has 2 N–H and O–H groups in total. The van der Waals surface area contributed by atoms with Crippen LogP contribution in [0.2, 0.25) is 0 Å². The first-order valence-corrected chi connectivity index (χ1v) is 6.97. The van der Waals surface area contributed by atoms with Gasteiger partial charge in [-0.25, -0.2) is 0 Å². The van der Waals surface area contributed by atoms with Crippen LogP contribution in [0.3, 0.4) is 0 Å². The Morgan fingerprint density at radius 2 is 2.10 bits per heavy atom. The number of benzene rings is 1. The molecule has 1 saturated heterocycles. The largest absolute Gasteiger partial charge is 0.372 e. The maximum absolute atomic E-state index is 12.3. The zero-order valence-corrected chi connectivity index (χ0v) is 11.6. The summed E-state index contributed by atoms with van der Waals surface area (Å²) in [6, 6.07) is 9.08. The number of anilines is 1. The summed E-state index contributed by atoms with van der Waals surface area (Å²) in [6.45, 7) is 2.84. The van der Waals surface area contributed by atoms with Crippen molar-refractivity contribution in [2.24, 2.45) is 0 Å². The Morgan fingerprint density at radius 1 is 1.40 bits per heavy atom. The number of nitrogens with zero attached hydrogens (tertiary/aromatic N) is 1. The van der Waals surface area contributed by atoms with Gasteiger partial charge in [0.25, 0.3) is 11.8 Å². The van der Waals surface area contributed by atoms with Gasteiger partial charge < -0.3 is 15.3 Å². The van der Waals surface area contributed by atoms with Crippen LogP contribution >= 0.6 is 0 Å². The van der Waals surface area contributed by atoms with Crippen molar-refractivity contribution in [3.8, 4) is 0 Å². The van der Waals surface area contributed by atoms with Gasteiger partial charge in [-0.2, -0.15) is 0 Å². The van der Waals surface area contributed by atoms with Gasteiger partial charge in [0.2, 0.25) is 5.60 Å². The molecule has 20 heavy (non-hydrogen) atoms. The molecule has 0 bridgehead atoms. The molecule has 1 aliphatic heterocycles. The maximum atomic E-state index is 12.3. The molecule has 0 radical (unpaired) electrons. The predicted molar refractivity (Wildman–Crippen MR) is 76.3 cm³/mol. The van der Waals surface area contributed by atoms with Crippen molar-refractivity contribution in [3.63, 3.8) is 0 Å². The molecule has 0 aromatic heterocycles. The molecule has 2 rings (SSSR count). The van der Waals surface area contributed by atoms with Crippen LogP contribution in [0.1, 0.15) is 26.2 Å². The third kappa shape index (κ3) is 2.67. The van der Waals surface area contributed by atoms with Crippen molar-refractivity contribution in [2.75, 3.05) is 18.0 Å². The number of amides is 2. The minimum atomic E-state index is -1.93. The second-order valence-electron chi connectivity index (χ2n) is 5.01. The van der Waals surface area contributed by atoms with E-state index < -0.39 is 17.4 Å².